The maximum absolute atomic E-state index is 13.9. The number of nitrogens with one attached hydrogen (secondary N) is 1. The fraction of sp³-hybridized carbons (Fsp3) is 0.263. The molecule has 0 aliphatic carbocycles. The molecule has 1 fully saturated rings. The van der Waals surface area contributed by atoms with Crippen molar-refractivity contribution in [2.24, 2.45) is 0 Å². The predicted molar refractivity (Wildman–Crippen MR) is 94.2 cm³/mol. The van der Waals surface area contributed by atoms with Crippen molar-refractivity contribution in [3.8, 4) is 0 Å². The summed E-state index contributed by atoms with van der Waals surface area (Å²) in [6.07, 6.45) is 1.13. The molecule has 2 amide bonds. The lowest BCUT2D eigenvalue weighted by Crippen LogP contribution is -2.46. The van der Waals surface area contributed by atoms with Crippen LogP contribution in [0.1, 0.15) is 33.6 Å². The number of rotatable bonds is 3. The minimum absolute atomic E-state index is 0.0109. The van der Waals surface area contributed by atoms with Crippen LogP contribution in [0.25, 0.3) is 0 Å². The Kier molecular flexibility index (Phi) is 5.52. The van der Waals surface area contributed by atoms with E-state index < -0.39 is 11.6 Å². The summed E-state index contributed by atoms with van der Waals surface area (Å²) in [5, 5.41) is 3.12. The van der Waals surface area contributed by atoms with Gasteiger partial charge in [-0.15, -0.1) is 0 Å². The van der Waals surface area contributed by atoms with E-state index in [1.54, 1.807) is 4.90 Å². The molecule has 1 aliphatic heterocycles. The highest BCUT2D eigenvalue weighted by Crippen LogP contribution is 2.19. The van der Waals surface area contributed by atoms with Crippen molar-refractivity contribution in [1.29, 1.82) is 0 Å². The topological polar surface area (TPSA) is 49.4 Å². The molecule has 3 rings (SSSR count). The molecule has 0 saturated carbocycles. The molecule has 0 spiro atoms. The van der Waals surface area contributed by atoms with E-state index in [9.17, 15) is 18.4 Å². The second kappa shape index (κ2) is 7.83. The summed E-state index contributed by atoms with van der Waals surface area (Å²) in [5.41, 5.74) is 0.372. The van der Waals surface area contributed by atoms with Crippen LogP contribution in [0.2, 0.25) is 5.02 Å². The average Bonchev–Trinajstić information content (AvgIpc) is 2.62. The SMILES string of the molecule is O=C(NC1CCN(C(=O)c2ccc(Cl)cc2F)CC1)c1ccc(F)cc1. The minimum Gasteiger partial charge on any atom is -0.349 e. The molecule has 1 saturated heterocycles. The van der Waals surface area contributed by atoms with E-state index in [4.69, 9.17) is 11.6 Å². The molecule has 0 bridgehead atoms. The zero-order valence-corrected chi connectivity index (χ0v) is 14.6. The summed E-state index contributed by atoms with van der Waals surface area (Å²) >= 11 is 5.71. The first-order valence-electron chi connectivity index (χ1n) is 8.25. The van der Waals surface area contributed by atoms with Gasteiger partial charge in [-0.05, 0) is 55.3 Å². The normalized spacial score (nSPS) is 15.0. The fourth-order valence-electron chi connectivity index (χ4n) is 2.93. The van der Waals surface area contributed by atoms with Gasteiger partial charge in [0, 0.05) is 29.7 Å². The molecular formula is C19H17ClF2N2O2. The van der Waals surface area contributed by atoms with E-state index in [1.807, 2.05) is 0 Å². The standard InChI is InChI=1S/C19H17ClF2N2O2/c20-13-3-6-16(17(22)11-13)19(26)24-9-7-15(8-10-24)23-18(25)12-1-4-14(21)5-2-12/h1-6,11,15H,7-10H2,(H,23,25). The molecule has 26 heavy (non-hydrogen) atoms. The summed E-state index contributed by atoms with van der Waals surface area (Å²) in [4.78, 5) is 26.2. The van der Waals surface area contributed by atoms with Crippen LogP contribution in [0.15, 0.2) is 42.5 Å². The number of carbonyl (C=O) groups excluding carboxylic acids is 2. The maximum Gasteiger partial charge on any atom is 0.256 e. The predicted octanol–water partition coefficient (Wildman–Crippen LogP) is 3.65. The number of carbonyl (C=O) groups is 2. The number of nitrogens with zero attached hydrogens (tertiary/aromatic N) is 1. The quantitative estimate of drug-likeness (QED) is 0.886. The first-order valence-corrected chi connectivity index (χ1v) is 8.62. The number of piperidine rings is 1. The van der Waals surface area contributed by atoms with Gasteiger partial charge in [0.25, 0.3) is 11.8 Å². The third-order valence-electron chi connectivity index (χ3n) is 4.39. The average molecular weight is 379 g/mol. The minimum atomic E-state index is -0.644. The molecular weight excluding hydrogens is 362 g/mol. The van der Waals surface area contributed by atoms with Crippen LogP contribution >= 0.6 is 11.6 Å². The van der Waals surface area contributed by atoms with Crippen LogP contribution in [0.3, 0.4) is 0 Å². The van der Waals surface area contributed by atoms with Crippen LogP contribution in [0.5, 0.6) is 0 Å². The zero-order valence-electron chi connectivity index (χ0n) is 13.8. The molecule has 2 aromatic carbocycles. The summed E-state index contributed by atoms with van der Waals surface area (Å²) in [5.74, 6) is -1.71. The van der Waals surface area contributed by atoms with Gasteiger partial charge in [0.1, 0.15) is 11.6 Å². The van der Waals surface area contributed by atoms with Crippen molar-refractivity contribution in [1.82, 2.24) is 10.2 Å². The lowest BCUT2D eigenvalue weighted by molar-refractivity contribution is 0.0693. The number of halogens is 3. The molecule has 1 heterocycles. The highest BCUT2D eigenvalue weighted by Gasteiger charge is 2.26. The van der Waals surface area contributed by atoms with Crippen LogP contribution in [-0.2, 0) is 0 Å². The van der Waals surface area contributed by atoms with E-state index in [-0.39, 0.29) is 28.4 Å². The Morgan fingerprint density at radius 3 is 2.31 bits per heavy atom. The molecule has 136 valence electrons. The van der Waals surface area contributed by atoms with Crippen LogP contribution in [0.4, 0.5) is 8.78 Å². The first-order chi connectivity index (χ1) is 12.4. The largest absolute Gasteiger partial charge is 0.349 e. The zero-order chi connectivity index (χ0) is 18.7. The fourth-order valence-corrected chi connectivity index (χ4v) is 3.09. The van der Waals surface area contributed by atoms with Crippen molar-refractivity contribution < 1.29 is 18.4 Å². The van der Waals surface area contributed by atoms with E-state index in [0.29, 0.717) is 31.5 Å². The van der Waals surface area contributed by atoms with Gasteiger partial charge >= 0.3 is 0 Å². The lowest BCUT2D eigenvalue weighted by Gasteiger charge is -2.32. The van der Waals surface area contributed by atoms with Gasteiger partial charge in [-0.25, -0.2) is 8.78 Å². The van der Waals surface area contributed by atoms with Gasteiger partial charge in [-0.1, -0.05) is 11.6 Å². The second-order valence-corrected chi connectivity index (χ2v) is 6.61. The van der Waals surface area contributed by atoms with Gasteiger partial charge in [0.2, 0.25) is 0 Å². The molecule has 0 atom stereocenters. The summed E-state index contributed by atoms with van der Waals surface area (Å²) in [6, 6.07) is 9.19. The highest BCUT2D eigenvalue weighted by molar-refractivity contribution is 6.30. The van der Waals surface area contributed by atoms with Crippen molar-refractivity contribution in [2.45, 2.75) is 18.9 Å². The van der Waals surface area contributed by atoms with E-state index in [2.05, 4.69) is 5.32 Å². The molecule has 0 unspecified atom stereocenters. The molecule has 7 heteroatoms. The van der Waals surface area contributed by atoms with Gasteiger partial charge in [-0.3, -0.25) is 9.59 Å². The monoisotopic (exact) mass is 378 g/mol. The number of benzene rings is 2. The Bertz CT molecular complexity index is 819. The van der Waals surface area contributed by atoms with E-state index in [0.717, 1.165) is 6.07 Å². The highest BCUT2D eigenvalue weighted by atomic mass is 35.5. The van der Waals surface area contributed by atoms with Crippen molar-refractivity contribution in [3.05, 3.63) is 70.2 Å². The molecule has 0 aromatic heterocycles. The van der Waals surface area contributed by atoms with Crippen molar-refractivity contribution >= 4 is 23.4 Å². The first kappa shape index (κ1) is 18.3. The van der Waals surface area contributed by atoms with Crippen molar-refractivity contribution in [2.75, 3.05) is 13.1 Å². The molecule has 1 aliphatic rings. The van der Waals surface area contributed by atoms with Gasteiger partial charge in [0.05, 0.1) is 5.56 Å². The van der Waals surface area contributed by atoms with Crippen molar-refractivity contribution in [3.63, 3.8) is 0 Å². The summed E-state index contributed by atoms with van der Waals surface area (Å²) in [7, 11) is 0. The number of hydrogen-bond acceptors (Lipinski definition) is 2. The lowest BCUT2D eigenvalue weighted by atomic mass is 10.0. The van der Waals surface area contributed by atoms with Crippen LogP contribution < -0.4 is 5.32 Å². The number of hydrogen-bond donors (Lipinski definition) is 1. The van der Waals surface area contributed by atoms with E-state index in [1.165, 1.54) is 36.4 Å². The number of amides is 2. The van der Waals surface area contributed by atoms with Gasteiger partial charge in [0.15, 0.2) is 0 Å². The Labute approximate surface area is 154 Å². The number of likely N-dealkylation sites (tertiary alicyclic amines) is 1. The van der Waals surface area contributed by atoms with Crippen LogP contribution in [-0.4, -0.2) is 35.8 Å². The summed E-state index contributed by atoms with van der Waals surface area (Å²) < 4.78 is 26.8. The Morgan fingerprint density at radius 1 is 1.04 bits per heavy atom. The second-order valence-electron chi connectivity index (χ2n) is 6.17. The van der Waals surface area contributed by atoms with E-state index >= 15 is 0 Å². The molecule has 4 nitrogen and oxygen atoms in total. The maximum atomic E-state index is 13.9. The third-order valence-corrected chi connectivity index (χ3v) is 4.62. The molecule has 1 N–H and O–H groups in total. The Morgan fingerprint density at radius 2 is 1.69 bits per heavy atom. The Balaban J connectivity index is 1.56. The smallest absolute Gasteiger partial charge is 0.256 e. The summed E-state index contributed by atoms with van der Waals surface area (Å²) in [6.45, 7) is 0.824. The molecule has 0 radical (unpaired) electrons. The Hall–Kier alpha value is -2.47. The third kappa shape index (κ3) is 4.19. The molecule has 2 aromatic rings. The van der Waals surface area contributed by atoms with Crippen LogP contribution in [0, 0.1) is 11.6 Å². The van der Waals surface area contributed by atoms with Gasteiger partial charge < -0.3 is 10.2 Å². The van der Waals surface area contributed by atoms with Gasteiger partial charge in [-0.2, -0.15) is 0 Å².